The predicted octanol–water partition coefficient (Wildman–Crippen LogP) is 5.42. The number of likely N-dealkylation sites (tertiary alicyclic amines) is 1. The Morgan fingerprint density at radius 2 is 1.81 bits per heavy atom. The van der Waals surface area contributed by atoms with Gasteiger partial charge in [0.25, 0.3) is 11.7 Å². The molecule has 1 fully saturated rings. The molecule has 6 nitrogen and oxygen atoms in total. The third-order valence-corrected chi connectivity index (χ3v) is 6.57. The topological polar surface area (TPSA) is 76.1 Å². The van der Waals surface area contributed by atoms with Gasteiger partial charge in [-0.1, -0.05) is 49.4 Å². The summed E-state index contributed by atoms with van der Waals surface area (Å²) in [5, 5.41) is 11.4. The molecular weight excluding hydrogens is 454 g/mol. The number of fused-ring (bicyclic) bond motifs is 1. The number of hydrogen-bond donors (Lipinski definition) is 1. The Labute approximate surface area is 210 Å². The zero-order chi connectivity index (χ0) is 25.2. The third-order valence-electron chi connectivity index (χ3n) is 6.57. The quantitative estimate of drug-likeness (QED) is 0.276. The van der Waals surface area contributed by atoms with Crippen LogP contribution in [-0.4, -0.2) is 34.4 Å². The van der Waals surface area contributed by atoms with Gasteiger partial charge in [0.15, 0.2) is 0 Å². The van der Waals surface area contributed by atoms with E-state index in [-0.39, 0.29) is 24.0 Å². The van der Waals surface area contributed by atoms with Gasteiger partial charge in [0.1, 0.15) is 23.4 Å². The molecule has 36 heavy (non-hydrogen) atoms. The Kier molecular flexibility index (Phi) is 6.51. The SMILES string of the molecule is CCCOc1ccc(C2/C(=C(/O)c3ccc4c(c3)CC(C)O4)C(=O)C(=O)N2Cc2ccccc2)cc1. The summed E-state index contributed by atoms with van der Waals surface area (Å²) in [5.41, 5.74) is 3.19. The molecule has 2 unspecified atom stereocenters. The van der Waals surface area contributed by atoms with Gasteiger partial charge in [-0.15, -0.1) is 0 Å². The van der Waals surface area contributed by atoms with E-state index in [1.54, 1.807) is 6.07 Å². The molecule has 2 heterocycles. The molecule has 1 N–H and O–H groups in total. The van der Waals surface area contributed by atoms with Gasteiger partial charge in [0, 0.05) is 18.5 Å². The van der Waals surface area contributed by atoms with E-state index in [1.165, 1.54) is 4.90 Å². The molecule has 0 aliphatic carbocycles. The van der Waals surface area contributed by atoms with Crippen LogP contribution in [0.15, 0.2) is 78.4 Å². The van der Waals surface area contributed by atoms with Crippen molar-refractivity contribution < 1.29 is 24.2 Å². The fourth-order valence-corrected chi connectivity index (χ4v) is 4.86. The number of carbonyl (C=O) groups is 2. The average molecular weight is 484 g/mol. The fourth-order valence-electron chi connectivity index (χ4n) is 4.86. The first-order valence-corrected chi connectivity index (χ1v) is 12.3. The number of hydrogen-bond acceptors (Lipinski definition) is 5. The molecule has 3 aromatic rings. The number of carbonyl (C=O) groups excluding carboxylic acids is 2. The molecule has 2 atom stereocenters. The average Bonchev–Trinajstić information content (AvgIpc) is 3.39. The van der Waals surface area contributed by atoms with Crippen LogP contribution in [0.4, 0.5) is 0 Å². The van der Waals surface area contributed by atoms with E-state index in [0.717, 1.165) is 35.3 Å². The molecule has 3 aromatic carbocycles. The van der Waals surface area contributed by atoms with Gasteiger partial charge in [-0.25, -0.2) is 0 Å². The maximum Gasteiger partial charge on any atom is 0.295 e. The molecule has 0 saturated carbocycles. The van der Waals surface area contributed by atoms with Crippen molar-refractivity contribution in [2.75, 3.05) is 6.61 Å². The molecule has 0 bridgehead atoms. The summed E-state index contributed by atoms with van der Waals surface area (Å²) in [5.74, 6) is -0.00147. The van der Waals surface area contributed by atoms with E-state index in [0.29, 0.717) is 17.9 Å². The smallest absolute Gasteiger partial charge is 0.295 e. The lowest BCUT2D eigenvalue weighted by atomic mass is 9.94. The van der Waals surface area contributed by atoms with Crippen molar-refractivity contribution in [1.82, 2.24) is 4.90 Å². The van der Waals surface area contributed by atoms with Crippen LogP contribution in [0.3, 0.4) is 0 Å². The number of benzene rings is 3. The highest BCUT2D eigenvalue weighted by molar-refractivity contribution is 6.46. The van der Waals surface area contributed by atoms with Crippen molar-refractivity contribution in [2.24, 2.45) is 0 Å². The predicted molar refractivity (Wildman–Crippen MR) is 137 cm³/mol. The normalized spacial score (nSPS) is 20.3. The monoisotopic (exact) mass is 483 g/mol. The summed E-state index contributed by atoms with van der Waals surface area (Å²) in [6.07, 6.45) is 1.67. The van der Waals surface area contributed by atoms with Gasteiger partial charge in [0.05, 0.1) is 18.2 Å². The van der Waals surface area contributed by atoms with E-state index >= 15 is 0 Å². The number of nitrogens with zero attached hydrogens (tertiary/aromatic N) is 1. The number of aliphatic hydroxyl groups is 1. The van der Waals surface area contributed by atoms with Crippen LogP contribution >= 0.6 is 0 Å². The Morgan fingerprint density at radius 3 is 2.53 bits per heavy atom. The molecule has 2 aliphatic rings. The van der Waals surface area contributed by atoms with Gasteiger partial charge in [-0.2, -0.15) is 0 Å². The minimum absolute atomic E-state index is 0.0577. The van der Waals surface area contributed by atoms with Crippen LogP contribution < -0.4 is 9.47 Å². The molecule has 1 saturated heterocycles. The zero-order valence-electron chi connectivity index (χ0n) is 20.4. The first-order valence-electron chi connectivity index (χ1n) is 12.3. The van der Waals surface area contributed by atoms with Crippen molar-refractivity contribution >= 4 is 17.4 Å². The second-order valence-corrected chi connectivity index (χ2v) is 9.29. The second-order valence-electron chi connectivity index (χ2n) is 9.29. The maximum atomic E-state index is 13.3. The van der Waals surface area contributed by atoms with Crippen molar-refractivity contribution in [2.45, 2.75) is 45.4 Å². The highest BCUT2D eigenvalue weighted by Crippen LogP contribution is 2.41. The molecule has 5 rings (SSSR count). The Bertz CT molecular complexity index is 1310. The number of Topliss-reactive ketones (excluding diaryl/α,β-unsaturated/α-hetero) is 1. The highest BCUT2D eigenvalue weighted by atomic mass is 16.5. The molecule has 1 amide bonds. The standard InChI is InChI=1S/C30H29NO5/c1-3-15-35-24-12-9-21(10-13-24)27-26(28(32)22-11-14-25-23(17-22)16-19(2)36-25)29(33)30(34)31(27)18-20-7-5-4-6-8-20/h4-14,17,19,27,32H,3,15-16,18H2,1-2H3/b28-26-. The van der Waals surface area contributed by atoms with E-state index in [4.69, 9.17) is 9.47 Å². The molecule has 2 aliphatic heterocycles. The zero-order valence-corrected chi connectivity index (χ0v) is 20.4. The highest BCUT2D eigenvalue weighted by Gasteiger charge is 2.46. The van der Waals surface area contributed by atoms with E-state index in [2.05, 4.69) is 0 Å². The molecule has 0 spiro atoms. The Hall–Kier alpha value is -4.06. The van der Waals surface area contributed by atoms with Crippen molar-refractivity contribution in [3.8, 4) is 11.5 Å². The maximum absolute atomic E-state index is 13.3. The first kappa shape index (κ1) is 23.7. The summed E-state index contributed by atoms with van der Waals surface area (Å²) in [4.78, 5) is 28.1. The van der Waals surface area contributed by atoms with Crippen LogP contribution in [0.5, 0.6) is 11.5 Å². The van der Waals surface area contributed by atoms with Crippen LogP contribution in [0.25, 0.3) is 5.76 Å². The number of aliphatic hydroxyl groups excluding tert-OH is 1. The van der Waals surface area contributed by atoms with Gasteiger partial charge in [-0.3, -0.25) is 9.59 Å². The Balaban J connectivity index is 1.58. The summed E-state index contributed by atoms with van der Waals surface area (Å²) in [6, 6.07) is 21.6. The van der Waals surface area contributed by atoms with Gasteiger partial charge >= 0.3 is 0 Å². The van der Waals surface area contributed by atoms with Gasteiger partial charge in [0.2, 0.25) is 0 Å². The molecule has 0 radical (unpaired) electrons. The second kappa shape index (κ2) is 9.90. The lowest BCUT2D eigenvalue weighted by Gasteiger charge is -2.25. The molecule has 0 aromatic heterocycles. The van der Waals surface area contributed by atoms with E-state index < -0.39 is 17.7 Å². The van der Waals surface area contributed by atoms with Crippen molar-refractivity contribution in [3.63, 3.8) is 0 Å². The Morgan fingerprint density at radius 1 is 1.06 bits per heavy atom. The lowest BCUT2D eigenvalue weighted by Crippen LogP contribution is -2.29. The van der Waals surface area contributed by atoms with E-state index in [1.807, 2.05) is 80.6 Å². The molecule has 184 valence electrons. The van der Waals surface area contributed by atoms with Gasteiger partial charge in [-0.05, 0) is 60.4 Å². The minimum atomic E-state index is -0.728. The van der Waals surface area contributed by atoms with Gasteiger partial charge < -0.3 is 19.5 Å². The third kappa shape index (κ3) is 4.47. The van der Waals surface area contributed by atoms with Crippen LogP contribution in [0, 0.1) is 0 Å². The largest absolute Gasteiger partial charge is 0.507 e. The van der Waals surface area contributed by atoms with Crippen LogP contribution in [-0.2, 0) is 22.6 Å². The summed E-state index contributed by atoms with van der Waals surface area (Å²) < 4.78 is 11.5. The number of ketones is 1. The first-order chi connectivity index (χ1) is 17.5. The van der Waals surface area contributed by atoms with Crippen LogP contribution in [0.1, 0.15) is 48.6 Å². The number of ether oxygens (including phenoxy) is 2. The van der Waals surface area contributed by atoms with Crippen LogP contribution in [0.2, 0.25) is 0 Å². The van der Waals surface area contributed by atoms with Crippen molar-refractivity contribution in [1.29, 1.82) is 0 Å². The molecule has 6 heteroatoms. The molecular formula is C30H29NO5. The van der Waals surface area contributed by atoms with E-state index in [9.17, 15) is 14.7 Å². The minimum Gasteiger partial charge on any atom is -0.507 e. The summed E-state index contributed by atoms with van der Waals surface area (Å²) in [7, 11) is 0. The van der Waals surface area contributed by atoms with Crippen molar-refractivity contribution in [3.05, 3.63) is 101 Å². The lowest BCUT2D eigenvalue weighted by molar-refractivity contribution is -0.140. The number of rotatable bonds is 7. The summed E-state index contributed by atoms with van der Waals surface area (Å²) in [6.45, 7) is 4.88. The fraction of sp³-hybridized carbons (Fsp3) is 0.267. The summed E-state index contributed by atoms with van der Waals surface area (Å²) >= 11 is 0. The number of amides is 1.